The second-order valence-corrected chi connectivity index (χ2v) is 6.99. The molecule has 1 heterocycles. The molecule has 130 valence electrons. The molecule has 0 saturated carbocycles. The molecule has 1 saturated heterocycles. The summed E-state index contributed by atoms with van der Waals surface area (Å²) in [7, 11) is 0. The molecule has 0 radical (unpaired) electrons. The molecule has 0 bridgehead atoms. The quantitative estimate of drug-likeness (QED) is 0.826. The van der Waals surface area contributed by atoms with Crippen LogP contribution in [0.2, 0.25) is 0 Å². The third-order valence-corrected chi connectivity index (χ3v) is 4.59. The molecule has 0 aromatic heterocycles. The van der Waals surface area contributed by atoms with Gasteiger partial charge in [0.1, 0.15) is 5.82 Å². The van der Waals surface area contributed by atoms with Crippen LogP contribution in [0.4, 0.5) is 4.39 Å². The number of halogens is 2. The maximum absolute atomic E-state index is 13.3. The van der Waals surface area contributed by atoms with E-state index in [2.05, 4.69) is 21.2 Å². The number of carbonyl (C=O) groups excluding carboxylic acids is 2. The van der Waals surface area contributed by atoms with E-state index in [0.717, 1.165) is 18.5 Å². The Morgan fingerprint density at radius 2 is 1.92 bits per heavy atom. The van der Waals surface area contributed by atoms with Crippen molar-refractivity contribution in [1.82, 2.24) is 10.2 Å². The molecule has 2 amide bonds. The van der Waals surface area contributed by atoms with Gasteiger partial charge in [-0.3, -0.25) is 9.59 Å². The minimum absolute atomic E-state index is 0.183. The summed E-state index contributed by atoms with van der Waals surface area (Å²) in [6.07, 6.45) is 1.53. The fourth-order valence-corrected chi connectivity index (χ4v) is 3.36. The van der Waals surface area contributed by atoms with Crippen molar-refractivity contribution in [3.05, 3.63) is 69.4 Å². The summed E-state index contributed by atoms with van der Waals surface area (Å²) in [4.78, 5) is 25.7. The van der Waals surface area contributed by atoms with Gasteiger partial charge < -0.3 is 10.2 Å². The second-order valence-electron chi connectivity index (χ2n) is 6.08. The lowest BCUT2D eigenvalue weighted by molar-refractivity contribution is -0.128. The highest BCUT2D eigenvalue weighted by Crippen LogP contribution is 2.16. The molecule has 2 aromatic rings. The molecule has 6 heteroatoms. The Bertz CT molecular complexity index is 772. The van der Waals surface area contributed by atoms with Crippen LogP contribution in [-0.2, 0) is 17.9 Å². The van der Waals surface area contributed by atoms with E-state index in [4.69, 9.17) is 0 Å². The Kier molecular flexibility index (Phi) is 5.48. The fraction of sp³-hybridized carbons (Fsp3) is 0.263. The molecule has 0 atom stereocenters. The molecule has 1 aliphatic heterocycles. The first-order chi connectivity index (χ1) is 12.0. The summed E-state index contributed by atoms with van der Waals surface area (Å²) in [5, 5.41) is 2.78. The number of nitrogens with one attached hydrogen (secondary N) is 1. The number of hydrogen-bond acceptors (Lipinski definition) is 2. The molecule has 1 fully saturated rings. The Morgan fingerprint density at radius 1 is 1.16 bits per heavy atom. The number of likely N-dealkylation sites (tertiary alicyclic amines) is 1. The lowest BCUT2D eigenvalue weighted by Crippen LogP contribution is -2.24. The van der Waals surface area contributed by atoms with Crippen molar-refractivity contribution in [3.8, 4) is 0 Å². The van der Waals surface area contributed by atoms with Crippen LogP contribution in [0.15, 0.2) is 46.9 Å². The summed E-state index contributed by atoms with van der Waals surface area (Å²) in [6.45, 7) is 1.63. The molecule has 25 heavy (non-hydrogen) atoms. The molecule has 0 spiro atoms. The molecule has 3 rings (SSSR count). The normalized spacial score (nSPS) is 14.0. The minimum Gasteiger partial charge on any atom is -0.348 e. The lowest BCUT2D eigenvalue weighted by atomic mass is 10.1. The van der Waals surface area contributed by atoms with E-state index >= 15 is 0 Å². The maximum Gasteiger partial charge on any atom is 0.251 e. The van der Waals surface area contributed by atoms with Gasteiger partial charge in [0.15, 0.2) is 0 Å². The fourth-order valence-electron chi connectivity index (χ4n) is 2.85. The Hall–Kier alpha value is -2.21. The van der Waals surface area contributed by atoms with Crippen LogP contribution in [0.1, 0.15) is 34.3 Å². The number of nitrogens with zero attached hydrogens (tertiary/aromatic N) is 1. The lowest BCUT2D eigenvalue weighted by Gasteiger charge is -2.15. The molecule has 0 unspecified atom stereocenters. The smallest absolute Gasteiger partial charge is 0.251 e. The van der Waals surface area contributed by atoms with Crippen molar-refractivity contribution in [2.45, 2.75) is 25.9 Å². The maximum atomic E-state index is 13.3. The first kappa shape index (κ1) is 17.6. The zero-order chi connectivity index (χ0) is 17.8. The number of carbonyl (C=O) groups is 2. The van der Waals surface area contributed by atoms with Gasteiger partial charge in [0.25, 0.3) is 5.91 Å². The summed E-state index contributed by atoms with van der Waals surface area (Å²) >= 11 is 3.23. The van der Waals surface area contributed by atoms with E-state index in [9.17, 15) is 14.0 Å². The molecule has 1 aliphatic rings. The van der Waals surface area contributed by atoms with Gasteiger partial charge in [-0.25, -0.2) is 4.39 Å². The van der Waals surface area contributed by atoms with E-state index in [-0.39, 0.29) is 24.2 Å². The van der Waals surface area contributed by atoms with Crippen molar-refractivity contribution < 1.29 is 14.0 Å². The SMILES string of the molecule is O=C(NCc1cc(F)cc(Br)c1)c1ccc(CN2CCCC2=O)cc1. The Labute approximate surface area is 154 Å². The zero-order valence-corrected chi connectivity index (χ0v) is 15.2. The molecule has 1 N–H and O–H groups in total. The topological polar surface area (TPSA) is 49.4 Å². The predicted molar refractivity (Wildman–Crippen MR) is 96.4 cm³/mol. The highest BCUT2D eigenvalue weighted by molar-refractivity contribution is 9.10. The van der Waals surface area contributed by atoms with Crippen molar-refractivity contribution in [2.75, 3.05) is 6.54 Å². The molecule has 2 aromatic carbocycles. The zero-order valence-electron chi connectivity index (χ0n) is 13.6. The van der Waals surface area contributed by atoms with E-state index < -0.39 is 0 Å². The molecular formula is C19H18BrFN2O2. The van der Waals surface area contributed by atoms with E-state index in [1.165, 1.54) is 12.1 Å². The molecule has 4 nitrogen and oxygen atoms in total. The van der Waals surface area contributed by atoms with Crippen molar-refractivity contribution in [2.24, 2.45) is 0 Å². The summed E-state index contributed by atoms with van der Waals surface area (Å²) in [5.41, 5.74) is 2.22. The van der Waals surface area contributed by atoms with Crippen LogP contribution in [0.5, 0.6) is 0 Å². The van der Waals surface area contributed by atoms with Crippen molar-refractivity contribution in [1.29, 1.82) is 0 Å². The van der Waals surface area contributed by atoms with Crippen molar-refractivity contribution >= 4 is 27.7 Å². The van der Waals surface area contributed by atoms with Crippen LogP contribution in [0.25, 0.3) is 0 Å². The summed E-state index contributed by atoms with van der Waals surface area (Å²) in [6, 6.07) is 11.7. The van der Waals surface area contributed by atoms with Gasteiger partial charge in [-0.1, -0.05) is 28.1 Å². The van der Waals surface area contributed by atoms with Gasteiger partial charge >= 0.3 is 0 Å². The standard InChI is InChI=1S/C19H18BrFN2O2/c20-16-8-14(9-17(21)10-16)11-22-19(25)15-5-3-13(4-6-15)12-23-7-1-2-18(23)24/h3-6,8-10H,1-2,7,11-12H2,(H,22,25). The van der Waals surface area contributed by atoms with Gasteiger partial charge in [-0.15, -0.1) is 0 Å². The van der Waals surface area contributed by atoms with Gasteiger partial charge in [0.2, 0.25) is 5.91 Å². The largest absolute Gasteiger partial charge is 0.348 e. The number of amides is 2. The predicted octanol–water partition coefficient (Wildman–Crippen LogP) is 3.64. The summed E-state index contributed by atoms with van der Waals surface area (Å²) < 4.78 is 14.0. The highest BCUT2D eigenvalue weighted by Gasteiger charge is 2.19. The first-order valence-corrected chi connectivity index (χ1v) is 8.90. The number of hydrogen-bond donors (Lipinski definition) is 1. The average molecular weight is 405 g/mol. The van der Waals surface area contributed by atoms with Gasteiger partial charge in [-0.05, 0) is 47.9 Å². The third-order valence-electron chi connectivity index (χ3n) is 4.14. The third kappa shape index (κ3) is 4.66. The van der Waals surface area contributed by atoms with E-state index in [1.807, 2.05) is 17.0 Å². The van der Waals surface area contributed by atoms with E-state index in [0.29, 0.717) is 28.6 Å². The first-order valence-electron chi connectivity index (χ1n) is 8.11. The van der Waals surface area contributed by atoms with Gasteiger partial charge in [0.05, 0.1) is 0 Å². The van der Waals surface area contributed by atoms with Gasteiger partial charge in [0, 0.05) is 36.1 Å². The Balaban J connectivity index is 1.57. The van der Waals surface area contributed by atoms with Crippen LogP contribution in [0, 0.1) is 5.82 Å². The number of benzene rings is 2. The highest BCUT2D eigenvalue weighted by atomic mass is 79.9. The average Bonchev–Trinajstić information content (AvgIpc) is 2.97. The van der Waals surface area contributed by atoms with Crippen LogP contribution >= 0.6 is 15.9 Å². The monoisotopic (exact) mass is 404 g/mol. The van der Waals surface area contributed by atoms with Crippen LogP contribution in [0.3, 0.4) is 0 Å². The molecular weight excluding hydrogens is 387 g/mol. The number of rotatable bonds is 5. The van der Waals surface area contributed by atoms with Crippen LogP contribution in [-0.4, -0.2) is 23.3 Å². The Morgan fingerprint density at radius 3 is 2.56 bits per heavy atom. The second kappa shape index (κ2) is 7.78. The summed E-state index contributed by atoms with van der Waals surface area (Å²) in [5.74, 6) is -0.383. The van der Waals surface area contributed by atoms with E-state index in [1.54, 1.807) is 18.2 Å². The minimum atomic E-state index is -0.348. The molecule has 0 aliphatic carbocycles. The van der Waals surface area contributed by atoms with Gasteiger partial charge in [-0.2, -0.15) is 0 Å². The van der Waals surface area contributed by atoms with Crippen molar-refractivity contribution in [3.63, 3.8) is 0 Å². The van der Waals surface area contributed by atoms with Crippen LogP contribution < -0.4 is 5.32 Å².